The van der Waals surface area contributed by atoms with Crippen LogP contribution in [-0.2, 0) is 47.6 Å². The van der Waals surface area contributed by atoms with Gasteiger partial charge in [0.2, 0.25) is 0 Å². The molecular weight excluding hydrogens is 412 g/mol. The van der Waals surface area contributed by atoms with Gasteiger partial charge >= 0.3 is 23.9 Å². The Bertz CT molecular complexity index is 605. The third kappa shape index (κ3) is 10.1. The summed E-state index contributed by atoms with van der Waals surface area (Å²) in [5.41, 5.74) is 0. The third-order valence-electron chi connectivity index (χ3n) is 4.67. The van der Waals surface area contributed by atoms with Gasteiger partial charge in [-0.2, -0.15) is 0 Å². The van der Waals surface area contributed by atoms with Gasteiger partial charge < -0.3 is 28.4 Å². The highest BCUT2D eigenvalue weighted by atomic mass is 16.7. The maximum atomic E-state index is 11.8. The average Bonchev–Trinajstić information content (AvgIpc) is 2.66. The Hall–Kier alpha value is -2.20. The Balaban J connectivity index is 3.07. The summed E-state index contributed by atoms with van der Waals surface area (Å²) in [6.07, 6.45) is -0.654. The van der Waals surface area contributed by atoms with Gasteiger partial charge in [-0.3, -0.25) is 19.2 Å². The van der Waals surface area contributed by atoms with Gasteiger partial charge in [0.25, 0.3) is 0 Å². The predicted octanol–water partition coefficient (Wildman–Crippen LogP) is 1.71. The number of methoxy groups -OCH3 is 1. The molecule has 10 heteroatoms. The first-order valence-electron chi connectivity index (χ1n) is 10.4. The van der Waals surface area contributed by atoms with Crippen molar-refractivity contribution in [1.82, 2.24) is 0 Å². The molecule has 0 amide bonds. The molecule has 5 unspecified atom stereocenters. The van der Waals surface area contributed by atoms with Crippen LogP contribution in [0.25, 0.3) is 0 Å². The first kappa shape index (κ1) is 26.8. The fourth-order valence-electron chi connectivity index (χ4n) is 3.50. The zero-order valence-corrected chi connectivity index (χ0v) is 18.9. The largest absolute Gasteiger partial charge is 0.463 e. The van der Waals surface area contributed by atoms with E-state index in [4.69, 9.17) is 28.4 Å². The number of carbonyl (C=O) groups is 4. The summed E-state index contributed by atoms with van der Waals surface area (Å²) in [5.74, 6) is -2.40. The molecule has 1 aliphatic rings. The van der Waals surface area contributed by atoms with E-state index in [9.17, 15) is 19.2 Å². The summed E-state index contributed by atoms with van der Waals surface area (Å²) in [4.78, 5) is 46.5. The lowest BCUT2D eigenvalue weighted by molar-refractivity contribution is -0.253. The van der Waals surface area contributed by atoms with Crippen molar-refractivity contribution < 1.29 is 47.6 Å². The van der Waals surface area contributed by atoms with Gasteiger partial charge in [-0.15, -0.1) is 0 Å². The van der Waals surface area contributed by atoms with Gasteiger partial charge in [0, 0.05) is 41.4 Å². The van der Waals surface area contributed by atoms with Crippen LogP contribution in [0, 0.1) is 0 Å². The first-order valence-corrected chi connectivity index (χ1v) is 10.4. The molecule has 1 rings (SSSR count). The van der Waals surface area contributed by atoms with Crippen LogP contribution in [0.5, 0.6) is 0 Å². The summed E-state index contributed by atoms with van der Waals surface area (Å²) < 4.78 is 32.4. The molecule has 178 valence electrons. The third-order valence-corrected chi connectivity index (χ3v) is 4.67. The summed E-state index contributed by atoms with van der Waals surface area (Å²) in [7, 11) is 1.65. The van der Waals surface area contributed by atoms with Gasteiger partial charge in [0.05, 0.1) is 6.10 Å². The summed E-state index contributed by atoms with van der Waals surface area (Å²) in [6.45, 7) is 5.35. The van der Waals surface area contributed by atoms with E-state index in [2.05, 4.69) is 0 Å². The fourth-order valence-corrected chi connectivity index (χ4v) is 3.50. The maximum Gasteiger partial charge on any atom is 0.303 e. The van der Waals surface area contributed by atoms with Crippen LogP contribution in [0.3, 0.4) is 0 Å². The zero-order valence-electron chi connectivity index (χ0n) is 18.9. The molecule has 1 aliphatic heterocycles. The summed E-state index contributed by atoms with van der Waals surface area (Å²) in [6, 6.07) is 0. The number of carbonyl (C=O) groups excluding carboxylic acids is 4. The summed E-state index contributed by atoms with van der Waals surface area (Å²) >= 11 is 0. The standard InChI is InChI=1S/C21H34O10/c1-13(22)27-12-18-20(29-15(3)24)21(30-16(4)25)19(28-14(2)23)17(31-18)10-8-6-7-9-11-26-5/h17-21H,6-12H2,1-5H3. The minimum Gasteiger partial charge on any atom is -0.463 e. The lowest BCUT2D eigenvalue weighted by atomic mass is 9.91. The van der Waals surface area contributed by atoms with E-state index < -0.39 is 54.4 Å². The van der Waals surface area contributed by atoms with E-state index in [1.807, 2.05) is 0 Å². The quantitative estimate of drug-likeness (QED) is 0.249. The highest BCUT2D eigenvalue weighted by Gasteiger charge is 2.51. The molecule has 0 aromatic rings. The monoisotopic (exact) mass is 446 g/mol. The molecule has 0 radical (unpaired) electrons. The second-order valence-electron chi connectivity index (χ2n) is 7.43. The minimum absolute atomic E-state index is 0.206. The zero-order chi connectivity index (χ0) is 23.4. The van der Waals surface area contributed by atoms with Gasteiger partial charge in [0.15, 0.2) is 18.3 Å². The van der Waals surface area contributed by atoms with Crippen molar-refractivity contribution in [3.05, 3.63) is 0 Å². The molecule has 0 N–H and O–H groups in total. The maximum absolute atomic E-state index is 11.8. The van der Waals surface area contributed by atoms with Gasteiger partial charge in [-0.25, -0.2) is 0 Å². The molecule has 1 saturated heterocycles. The number of esters is 4. The number of ether oxygens (including phenoxy) is 6. The number of hydrogen-bond acceptors (Lipinski definition) is 10. The number of unbranched alkanes of at least 4 members (excludes halogenated alkanes) is 3. The highest BCUT2D eigenvalue weighted by molar-refractivity contribution is 5.68. The molecular formula is C21H34O10. The molecule has 0 bridgehead atoms. The fraction of sp³-hybridized carbons (Fsp3) is 0.810. The predicted molar refractivity (Wildman–Crippen MR) is 107 cm³/mol. The minimum atomic E-state index is -1.11. The van der Waals surface area contributed by atoms with Crippen molar-refractivity contribution in [2.75, 3.05) is 20.3 Å². The average molecular weight is 446 g/mol. The second kappa shape index (κ2) is 14.0. The smallest absolute Gasteiger partial charge is 0.303 e. The molecule has 31 heavy (non-hydrogen) atoms. The number of rotatable bonds is 12. The lowest BCUT2D eigenvalue weighted by Gasteiger charge is -2.44. The van der Waals surface area contributed by atoms with Crippen LogP contribution in [0.4, 0.5) is 0 Å². The molecule has 10 nitrogen and oxygen atoms in total. The lowest BCUT2D eigenvalue weighted by Crippen LogP contribution is -2.62. The van der Waals surface area contributed by atoms with Crippen molar-refractivity contribution in [3.63, 3.8) is 0 Å². The molecule has 0 saturated carbocycles. The Kier molecular flexibility index (Phi) is 12.1. The van der Waals surface area contributed by atoms with Crippen molar-refractivity contribution >= 4 is 23.9 Å². The van der Waals surface area contributed by atoms with Crippen molar-refractivity contribution in [2.45, 2.75) is 90.3 Å². The van der Waals surface area contributed by atoms with E-state index >= 15 is 0 Å². The van der Waals surface area contributed by atoms with Crippen LogP contribution in [-0.4, -0.2) is 74.7 Å². The topological polar surface area (TPSA) is 124 Å². The molecule has 0 aromatic carbocycles. The molecule has 0 aromatic heterocycles. The SMILES string of the molecule is COCCCCCCC1OC(COC(C)=O)C(OC(C)=O)C(OC(C)=O)C1OC(C)=O. The van der Waals surface area contributed by atoms with Crippen LogP contribution in [0.1, 0.15) is 59.8 Å². The van der Waals surface area contributed by atoms with Crippen LogP contribution in [0.15, 0.2) is 0 Å². The van der Waals surface area contributed by atoms with Crippen LogP contribution >= 0.6 is 0 Å². The number of hydrogen-bond donors (Lipinski definition) is 0. The van der Waals surface area contributed by atoms with Crippen molar-refractivity contribution in [1.29, 1.82) is 0 Å². The van der Waals surface area contributed by atoms with Crippen molar-refractivity contribution in [3.8, 4) is 0 Å². The molecule has 5 atom stereocenters. The van der Waals surface area contributed by atoms with E-state index in [1.54, 1.807) is 7.11 Å². The van der Waals surface area contributed by atoms with E-state index in [0.717, 1.165) is 25.7 Å². The summed E-state index contributed by atoms with van der Waals surface area (Å²) in [5, 5.41) is 0. The Morgan fingerprint density at radius 3 is 1.71 bits per heavy atom. The van der Waals surface area contributed by atoms with E-state index in [-0.39, 0.29) is 6.61 Å². The normalized spacial score (nSPS) is 25.4. The van der Waals surface area contributed by atoms with Crippen LogP contribution in [0.2, 0.25) is 0 Å². The molecule has 1 heterocycles. The molecule has 1 fully saturated rings. The Labute approximate surface area is 182 Å². The van der Waals surface area contributed by atoms with Crippen molar-refractivity contribution in [2.24, 2.45) is 0 Å². The van der Waals surface area contributed by atoms with Gasteiger partial charge in [-0.05, 0) is 12.8 Å². The first-order chi connectivity index (χ1) is 14.6. The molecule has 0 aliphatic carbocycles. The Morgan fingerprint density at radius 1 is 0.677 bits per heavy atom. The van der Waals surface area contributed by atoms with E-state index in [0.29, 0.717) is 13.0 Å². The van der Waals surface area contributed by atoms with E-state index in [1.165, 1.54) is 27.7 Å². The van der Waals surface area contributed by atoms with Crippen LogP contribution < -0.4 is 0 Å². The van der Waals surface area contributed by atoms with Gasteiger partial charge in [0.1, 0.15) is 12.7 Å². The molecule has 0 spiro atoms. The highest BCUT2D eigenvalue weighted by Crippen LogP contribution is 2.31. The Morgan fingerprint density at radius 2 is 1.19 bits per heavy atom. The second-order valence-corrected chi connectivity index (χ2v) is 7.43. The van der Waals surface area contributed by atoms with Gasteiger partial charge in [-0.1, -0.05) is 19.3 Å².